The van der Waals surface area contributed by atoms with Crippen LogP contribution in [-0.2, 0) is 9.53 Å². The molecular formula is C13H18O2S. The highest BCUT2D eigenvalue weighted by Gasteiger charge is 2.30. The minimum atomic E-state index is -0.548. The molecule has 0 spiro atoms. The predicted molar refractivity (Wildman–Crippen MR) is 67.9 cm³/mol. The van der Waals surface area contributed by atoms with Gasteiger partial charge in [-0.05, 0) is 39.3 Å². The van der Waals surface area contributed by atoms with Crippen LogP contribution in [0.3, 0.4) is 0 Å². The molecule has 3 heteroatoms. The average Bonchev–Trinajstić information content (AvgIpc) is 2.22. The molecule has 1 rings (SSSR count). The Hall–Kier alpha value is -0.960. The van der Waals surface area contributed by atoms with Crippen LogP contribution in [0.25, 0.3) is 0 Å². The smallest absolute Gasteiger partial charge is 0.321 e. The molecule has 1 aromatic rings. The van der Waals surface area contributed by atoms with Crippen molar-refractivity contribution in [2.75, 3.05) is 7.11 Å². The Morgan fingerprint density at radius 1 is 1.31 bits per heavy atom. The quantitative estimate of drug-likeness (QED) is 0.596. The minimum absolute atomic E-state index is 0.196. The SMILES string of the molecule is COC(=O)C(C)(C)Sc1cc(C)ccc1C. The molecule has 0 radical (unpaired) electrons. The fraction of sp³-hybridized carbons (Fsp3) is 0.462. The number of thioether (sulfide) groups is 1. The van der Waals surface area contributed by atoms with E-state index in [4.69, 9.17) is 4.74 Å². The molecule has 0 bridgehead atoms. The van der Waals surface area contributed by atoms with E-state index in [0.717, 1.165) is 4.90 Å². The second kappa shape index (κ2) is 4.91. The molecule has 0 N–H and O–H groups in total. The third kappa shape index (κ3) is 3.01. The average molecular weight is 238 g/mol. The molecule has 0 saturated heterocycles. The van der Waals surface area contributed by atoms with Gasteiger partial charge in [-0.1, -0.05) is 17.7 Å². The minimum Gasteiger partial charge on any atom is -0.468 e. The number of benzene rings is 1. The van der Waals surface area contributed by atoms with E-state index in [9.17, 15) is 4.79 Å². The van der Waals surface area contributed by atoms with Gasteiger partial charge in [0.05, 0.1) is 7.11 Å². The van der Waals surface area contributed by atoms with Crippen LogP contribution >= 0.6 is 11.8 Å². The normalized spacial score (nSPS) is 11.3. The third-order valence-electron chi connectivity index (χ3n) is 2.39. The van der Waals surface area contributed by atoms with Crippen molar-refractivity contribution >= 4 is 17.7 Å². The number of hydrogen-bond acceptors (Lipinski definition) is 3. The highest BCUT2D eigenvalue weighted by Crippen LogP contribution is 2.35. The number of rotatable bonds is 3. The van der Waals surface area contributed by atoms with Gasteiger partial charge in [-0.25, -0.2) is 0 Å². The maximum Gasteiger partial charge on any atom is 0.321 e. The van der Waals surface area contributed by atoms with Crippen molar-refractivity contribution in [1.82, 2.24) is 0 Å². The van der Waals surface area contributed by atoms with E-state index in [1.54, 1.807) is 11.8 Å². The summed E-state index contributed by atoms with van der Waals surface area (Å²) in [6.07, 6.45) is 0. The Morgan fingerprint density at radius 3 is 2.50 bits per heavy atom. The van der Waals surface area contributed by atoms with E-state index in [1.807, 2.05) is 13.8 Å². The first-order chi connectivity index (χ1) is 7.36. The van der Waals surface area contributed by atoms with Gasteiger partial charge in [0.25, 0.3) is 0 Å². The number of methoxy groups -OCH3 is 1. The molecule has 0 heterocycles. The van der Waals surface area contributed by atoms with E-state index >= 15 is 0 Å². The van der Waals surface area contributed by atoms with Gasteiger partial charge in [0.15, 0.2) is 0 Å². The molecule has 0 aliphatic heterocycles. The lowest BCUT2D eigenvalue weighted by Gasteiger charge is -2.21. The van der Waals surface area contributed by atoms with Gasteiger partial charge in [0, 0.05) is 4.90 Å². The maximum absolute atomic E-state index is 11.6. The summed E-state index contributed by atoms with van der Waals surface area (Å²) in [7, 11) is 1.42. The van der Waals surface area contributed by atoms with E-state index in [1.165, 1.54) is 18.2 Å². The van der Waals surface area contributed by atoms with Crippen LogP contribution in [0.4, 0.5) is 0 Å². The van der Waals surface area contributed by atoms with E-state index in [2.05, 4.69) is 32.0 Å². The molecule has 0 fully saturated rings. The molecule has 0 aliphatic rings. The van der Waals surface area contributed by atoms with Crippen molar-refractivity contribution in [3.63, 3.8) is 0 Å². The zero-order valence-electron chi connectivity index (χ0n) is 10.5. The van der Waals surface area contributed by atoms with E-state index < -0.39 is 4.75 Å². The van der Waals surface area contributed by atoms with Crippen LogP contribution in [0.2, 0.25) is 0 Å². The van der Waals surface area contributed by atoms with Gasteiger partial charge < -0.3 is 4.74 Å². The monoisotopic (exact) mass is 238 g/mol. The van der Waals surface area contributed by atoms with Crippen molar-refractivity contribution in [1.29, 1.82) is 0 Å². The summed E-state index contributed by atoms with van der Waals surface area (Å²) in [5.41, 5.74) is 2.39. The van der Waals surface area contributed by atoms with Gasteiger partial charge >= 0.3 is 5.97 Å². The number of ether oxygens (including phenoxy) is 1. The number of esters is 1. The van der Waals surface area contributed by atoms with Gasteiger partial charge in [-0.2, -0.15) is 0 Å². The lowest BCUT2D eigenvalue weighted by Crippen LogP contribution is -2.29. The molecule has 0 atom stereocenters. The second-order valence-corrected chi connectivity index (χ2v) is 6.04. The van der Waals surface area contributed by atoms with Crippen LogP contribution in [-0.4, -0.2) is 17.8 Å². The summed E-state index contributed by atoms with van der Waals surface area (Å²) < 4.78 is 4.25. The molecule has 0 amide bonds. The molecular weight excluding hydrogens is 220 g/mol. The highest BCUT2D eigenvalue weighted by molar-refractivity contribution is 8.01. The maximum atomic E-state index is 11.6. The molecule has 0 unspecified atom stereocenters. The fourth-order valence-electron chi connectivity index (χ4n) is 1.38. The summed E-state index contributed by atoms with van der Waals surface area (Å²) >= 11 is 1.54. The molecule has 0 aromatic heterocycles. The summed E-state index contributed by atoms with van der Waals surface area (Å²) in [5, 5.41) is 0. The molecule has 0 aliphatic carbocycles. The first kappa shape index (κ1) is 13.1. The van der Waals surface area contributed by atoms with Crippen LogP contribution in [0.1, 0.15) is 25.0 Å². The Balaban J connectivity index is 2.95. The first-order valence-corrected chi connectivity index (χ1v) is 6.03. The Morgan fingerprint density at radius 2 is 1.94 bits per heavy atom. The van der Waals surface area contributed by atoms with Crippen LogP contribution in [0.5, 0.6) is 0 Å². The molecule has 88 valence electrons. The zero-order valence-corrected chi connectivity index (χ0v) is 11.3. The van der Waals surface area contributed by atoms with Crippen LogP contribution < -0.4 is 0 Å². The number of carbonyl (C=O) groups excluding carboxylic acids is 1. The first-order valence-electron chi connectivity index (χ1n) is 5.21. The summed E-state index contributed by atoms with van der Waals surface area (Å²) in [4.78, 5) is 12.7. The van der Waals surface area contributed by atoms with E-state index in [0.29, 0.717) is 0 Å². The summed E-state index contributed by atoms with van der Waals surface area (Å²) in [6.45, 7) is 7.86. The van der Waals surface area contributed by atoms with Gasteiger partial charge in [0.2, 0.25) is 0 Å². The number of aryl methyl sites for hydroxylation is 2. The number of carbonyl (C=O) groups is 1. The standard InChI is InChI=1S/C13H18O2S/c1-9-6-7-10(2)11(8-9)16-13(3,4)12(14)15-5/h6-8H,1-5H3. The van der Waals surface area contributed by atoms with Crippen molar-refractivity contribution in [2.24, 2.45) is 0 Å². The van der Waals surface area contributed by atoms with E-state index in [-0.39, 0.29) is 5.97 Å². The van der Waals surface area contributed by atoms with Crippen molar-refractivity contribution in [2.45, 2.75) is 37.3 Å². The van der Waals surface area contributed by atoms with Crippen LogP contribution in [0, 0.1) is 13.8 Å². The number of hydrogen-bond donors (Lipinski definition) is 0. The van der Waals surface area contributed by atoms with Crippen molar-refractivity contribution in [3.8, 4) is 0 Å². The Labute approximate surface area is 101 Å². The second-order valence-electron chi connectivity index (χ2n) is 4.37. The Kier molecular flexibility index (Phi) is 4.03. The molecule has 2 nitrogen and oxygen atoms in total. The van der Waals surface area contributed by atoms with Crippen LogP contribution in [0.15, 0.2) is 23.1 Å². The lowest BCUT2D eigenvalue weighted by atomic mass is 10.2. The third-order valence-corrected chi connectivity index (χ3v) is 3.72. The zero-order chi connectivity index (χ0) is 12.3. The summed E-state index contributed by atoms with van der Waals surface area (Å²) in [6, 6.07) is 6.25. The largest absolute Gasteiger partial charge is 0.468 e. The van der Waals surface area contributed by atoms with Gasteiger partial charge in [-0.15, -0.1) is 11.8 Å². The van der Waals surface area contributed by atoms with Crippen molar-refractivity contribution in [3.05, 3.63) is 29.3 Å². The topological polar surface area (TPSA) is 26.3 Å². The predicted octanol–water partition coefficient (Wildman–Crippen LogP) is 3.35. The lowest BCUT2D eigenvalue weighted by molar-refractivity contribution is -0.142. The Bertz CT molecular complexity index is 397. The summed E-state index contributed by atoms with van der Waals surface area (Å²) in [5.74, 6) is -0.196. The van der Waals surface area contributed by atoms with Gasteiger partial charge in [0.1, 0.15) is 4.75 Å². The fourth-order valence-corrected chi connectivity index (χ4v) is 2.57. The molecule has 0 saturated carbocycles. The molecule has 16 heavy (non-hydrogen) atoms. The molecule has 1 aromatic carbocycles. The van der Waals surface area contributed by atoms with Gasteiger partial charge in [-0.3, -0.25) is 4.79 Å². The van der Waals surface area contributed by atoms with Crippen molar-refractivity contribution < 1.29 is 9.53 Å². The highest BCUT2D eigenvalue weighted by atomic mass is 32.2.